The maximum absolute atomic E-state index is 9.69. The van der Waals surface area contributed by atoms with Crippen LogP contribution in [0.15, 0.2) is 55.0 Å². The van der Waals surface area contributed by atoms with Gasteiger partial charge in [0.05, 0.1) is 31.5 Å². The summed E-state index contributed by atoms with van der Waals surface area (Å²) in [6.45, 7) is 0. The summed E-state index contributed by atoms with van der Waals surface area (Å²) in [5.41, 5.74) is 5.01. The number of hydrogen-bond acceptors (Lipinski definition) is 5. The Morgan fingerprint density at radius 1 is 1.00 bits per heavy atom. The number of rotatable bonds is 4. The van der Waals surface area contributed by atoms with E-state index in [4.69, 9.17) is 9.47 Å². The van der Waals surface area contributed by atoms with Crippen molar-refractivity contribution >= 4 is 11.0 Å². The molecule has 0 spiro atoms. The molecule has 3 heterocycles. The molecule has 0 atom stereocenters. The van der Waals surface area contributed by atoms with Crippen molar-refractivity contribution in [3.05, 3.63) is 60.6 Å². The highest BCUT2D eigenvalue weighted by atomic mass is 16.5. The summed E-state index contributed by atoms with van der Waals surface area (Å²) in [6, 6.07) is 13.7. The molecule has 0 aliphatic rings. The highest BCUT2D eigenvalue weighted by Gasteiger charge is 2.22. The fourth-order valence-electron chi connectivity index (χ4n) is 3.55. The predicted octanol–water partition coefficient (Wildman–Crippen LogP) is 4.19. The van der Waals surface area contributed by atoms with E-state index < -0.39 is 0 Å². The first-order valence-corrected chi connectivity index (χ1v) is 8.70. The molecule has 138 valence electrons. The molecule has 4 aromatic rings. The maximum atomic E-state index is 9.69. The van der Waals surface area contributed by atoms with Gasteiger partial charge < -0.3 is 14.0 Å². The summed E-state index contributed by atoms with van der Waals surface area (Å²) in [4.78, 5) is 8.80. The first kappa shape index (κ1) is 17.6. The van der Waals surface area contributed by atoms with E-state index in [1.165, 1.54) is 0 Å². The molecule has 0 radical (unpaired) electrons. The zero-order chi connectivity index (χ0) is 19.7. The molecule has 0 N–H and O–H groups in total. The smallest absolute Gasteiger partial charge is 0.161 e. The largest absolute Gasteiger partial charge is 0.493 e. The third-order valence-corrected chi connectivity index (χ3v) is 4.80. The van der Waals surface area contributed by atoms with Gasteiger partial charge in [0, 0.05) is 47.7 Å². The minimum absolute atomic E-state index is 0.575. The molecule has 3 aromatic heterocycles. The molecule has 4 rings (SSSR count). The van der Waals surface area contributed by atoms with E-state index in [1.54, 1.807) is 38.9 Å². The van der Waals surface area contributed by atoms with E-state index in [1.807, 2.05) is 41.9 Å². The Balaban J connectivity index is 2.13. The lowest BCUT2D eigenvalue weighted by atomic mass is 9.98. The van der Waals surface area contributed by atoms with Gasteiger partial charge in [-0.25, -0.2) is 4.98 Å². The number of nitriles is 1. The van der Waals surface area contributed by atoms with E-state index in [2.05, 4.69) is 16.0 Å². The molecule has 28 heavy (non-hydrogen) atoms. The fraction of sp³-hybridized carbons (Fsp3) is 0.136. The highest BCUT2D eigenvalue weighted by molar-refractivity contribution is 6.05. The normalized spacial score (nSPS) is 10.6. The van der Waals surface area contributed by atoms with Crippen LogP contribution in [0, 0.1) is 11.3 Å². The monoisotopic (exact) mass is 370 g/mol. The number of aryl methyl sites for hydroxylation is 1. The molecular weight excluding hydrogens is 352 g/mol. The quantitative estimate of drug-likeness (QED) is 0.538. The molecule has 6 heteroatoms. The van der Waals surface area contributed by atoms with Gasteiger partial charge in [0.1, 0.15) is 5.65 Å². The second kappa shape index (κ2) is 7.05. The molecule has 0 aliphatic heterocycles. The number of hydrogen-bond donors (Lipinski definition) is 0. The fourth-order valence-corrected chi connectivity index (χ4v) is 3.55. The van der Waals surface area contributed by atoms with Crippen molar-refractivity contribution in [3.63, 3.8) is 0 Å². The Hall–Kier alpha value is -3.85. The van der Waals surface area contributed by atoms with Crippen LogP contribution >= 0.6 is 0 Å². The molecule has 0 saturated carbocycles. The minimum atomic E-state index is 0.575. The van der Waals surface area contributed by atoms with E-state index >= 15 is 0 Å². The number of pyridine rings is 2. The minimum Gasteiger partial charge on any atom is -0.493 e. The Bertz CT molecular complexity index is 1210. The van der Waals surface area contributed by atoms with E-state index in [9.17, 15) is 5.26 Å². The zero-order valence-electron chi connectivity index (χ0n) is 15.8. The van der Waals surface area contributed by atoms with Gasteiger partial charge >= 0.3 is 0 Å². The van der Waals surface area contributed by atoms with Crippen molar-refractivity contribution in [1.82, 2.24) is 14.5 Å². The predicted molar refractivity (Wildman–Crippen MR) is 107 cm³/mol. The van der Waals surface area contributed by atoms with Crippen molar-refractivity contribution in [2.24, 2.45) is 7.05 Å². The van der Waals surface area contributed by atoms with Crippen LogP contribution in [-0.4, -0.2) is 28.8 Å². The van der Waals surface area contributed by atoms with Crippen LogP contribution in [0.1, 0.15) is 5.56 Å². The Kier molecular flexibility index (Phi) is 4.42. The van der Waals surface area contributed by atoms with Gasteiger partial charge in [-0.3, -0.25) is 4.98 Å². The van der Waals surface area contributed by atoms with Crippen molar-refractivity contribution in [2.45, 2.75) is 0 Å². The molecule has 0 bridgehead atoms. The average Bonchev–Trinajstić information content (AvgIpc) is 3.06. The summed E-state index contributed by atoms with van der Waals surface area (Å²) in [6.07, 6.45) is 5.19. The van der Waals surface area contributed by atoms with Crippen molar-refractivity contribution in [2.75, 3.05) is 14.2 Å². The number of aromatic nitrogens is 3. The summed E-state index contributed by atoms with van der Waals surface area (Å²) in [5.74, 6) is 1.29. The zero-order valence-corrected chi connectivity index (χ0v) is 15.8. The average molecular weight is 370 g/mol. The van der Waals surface area contributed by atoms with Crippen molar-refractivity contribution < 1.29 is 9.47 Å². The SMILES string of the molecule is COc1ccc(-c2c(-c3cccnc3)c3c(C#N)ccnc3n2C)cc1OC. The molecule has 1 aromatic carbocycles. The number of ether oxygens (including phenoxy) is 2. The van der Waals surface area contributed by atoms with Crippen LogP contribution in [0.25, 0.3) is 33.4 Å². The maximum Gasteiger partial charge on any atom is 0.161 e. The van der Waals surface area contributed by atoms with E-state index in [0.29, 0.717) is 17.1 Å². The van der Waals surface area contributed by atoms with Crippen molar-refractivity contribution in [1.29, 1.82) is 5.26 Å². The molecular formula is C22H18N4O2. The van der Waals surface area contributed by atoms with Gasteiger partial charge in [0.15, 0.2) is 11.5 Å². The number of fused-ring (bicyclic) bond motifs is 1. The van der Waals surface area contributed by atoms with Gasteiger partial charge in [-0.15, -0.1) is 0 Å². The first-order valence-electron chi connectivity index (χ1n) is 8.70. The summed E-state index contributed by atoms with van der Waals surface area (Å²) in [7, 11) is 5.17. The summed E-state index contributed by atoms with van der Waals surface area (Å²) >= 11 is 0. The lowest BCUT2D eigenvalue weighted by Gasteiger charge is -2.12. The second-order valence-electron chi connectivity index (χ2n) is 6.26. The lowest BCUT2D eigenvalue weighted by molar-refractivity contribution is 0.355. The number of nitrogens with zero attached hydrogens (tertiary/aromatic N) is 4. The van der Waals surface area contributed by atoms with E-state index in [-0.39, 0.29) is 0 Å². The molecule has 6 nitrogen and oxygen atoms in total. The molecule has 0 unspecified atom stereocenters. The Morgan fingerprint density at radius 2 is 1.82 bits per heavy atom. The molecule has 0 saturated heterocycles. The summed E-state index contributed by atoms with van der Waals surface area (Å²) < 4.78 is 12.9. The molecule has 0 aliphatic carbocycles. The van der Waals surface area contributed by atoms with Gasteiger partial charge in [0.25, 0.3) is 0 Å². The van der Waals surface area contributed by atoms with E-state index in [0.717, 1.165) is 33.4 Å². The summed E-state index contributed by atoms with van der Waals surface area (Å²) in [5, 5.41) is 10.5. The molecule has 0 amide bonds. The van der Waals surface area contributed by atoms with Crippen LogP contribution in [-0.2, 0) is 7.05 Å². The Morgan fingerprint density at radius 3 is 2.50 bits per heavy atom. The van der Waals surface area contributed by atoms with Gasteiger partial charge in [-0.1, -0.05) is 6.07 Å². The van der Waals surface area contributed by atoms with Crippen LogP contribution in [0.3, 0.4) is 0 Å². The lowest BCUT2D eigenvalue weighted by Crippen LogP contribution is -1.96. The second-order valence-corrected chi connectivity index (χ2v) is 6.26. The van der Waals surface area contributed by atoms with Crippen LogP contribution in [0.2, 0.25) is 0 Å². The van der Waals surface area contributed by atoms with Crippen LogP contribution in [0.5, 0.6) is 11.5 Å². The first-order chi connectivity index (χ1) is 13.7. The van der Waals surface area contributed by atoms with Crippen LogP contribution < -0.4 is 9.47 Å². The van der Waals surface area contributed by atoms with Gasteiger partial charge in [-0.05, 0) is 30.3 Å². The van der Waals surface area contributed by atoms with Gasteiger partial charge in [-0.2, -0.15) is 5.26 Å². The molecule has 0 fully saturated rings. The third kappa shape index (κ3) is 2.65. The van der Waals surface area contributed by atoms with Gasteiger partial charge in [0.2, 0.25) is 0 Å². The standard InChI is InChI=1S/C22H18N4O2/c1-26-21(14-6-7-17(27-2)18(11-14)28-3)19(16-5-4-9-24-13-16)20-15(12-23)8-10-25-22(20)26/h4-11,13H,1-3H3. The number of benzene rings is 1. The highest BCUT2D eigenvalue weighted by Crippen LogP contribution is 2.42. The third-order valence-electron chi connectivity index (χ3n) is 4.80. The Labute approximate surface area is 162 Å². The number of methoxy groups -OCH3 is 2. The van der Waals surface area contributed by atoms with Crippen LogP contribution in [0.4, 0.5) is 0 Å². The van der Waals surface area contributed by atoms with Crippen molar-refractivity contribution in [3.8, 4) is 40.0 Å². The topological polar surface area (TPSA) is 73.0 Å².